The largest absolute Gasteiger partial charge is 0.456 e. The Morgan fingerprint density at radius 2 is 2.00 bits per heavy atom. The Morgan fingerprint density at radius 1 is 1.31 bits per heavy atom. The monoisotopic (exact) mass is 223 g/mol. The molecule has 0 fully saturated rings. The molecule has 0 atom stereocenters. The lowest BCUT2D eigenvalue weighted by Gasteiger charge is -2.12. The molecule has 3 nitrogen and oxygen atoms in total. The number of hydrogen-bond acceptors (Lipinski definition) is 2. The zero-order valence-corrected chi connectivity index (χ0v) is 10.4. The van der Waals surface area contributed by atoms with E-state index in [9.17, 15) is 4.79 Å². The van der Waals surface area contributed by atoms with Crippen molar-refractivity contribution in [2.24, 2.45) is 5.92 Å². The predicted octanol–water partition coefficient (Wildman–Crippen LogP) is 3.01. The van der Waals surface area contributed by atoms with Gasteiger partial charge in [0, 0.05) is 13.0 Å². The highest BCUT2D eigenvalue weighted by molar-refractivity contribution is 5.91. The van der Waals surface area contributed by atoms with Gasteiger partial charge in [0.25, 0.3) is 5.91 Å². The third kappa shape index (κ3) is 3.40. The van der Waals surface area contributed by atoms with Crippen LogP contribution in [0.1, 0.15) is 49.9 Å². The van der Waals surface area contributed by atoms with Gasteiger partial charge in [-0.05, 0) is 18.1 Å². The Kier molecular flexibility index (Phi) is 5.09. The van der Waals surface area contributed by atoms with E-state index in [1.807, 2.05) is 13.0 Å². The summed E-state index contributed by atoms with van der Waals surface area (Å²) in [7, 11) is 0. The minimum atomic E-state index is -0.105. The van der Waals surface area contributed by atoms with Gasteiger partial charge in [-0.1, -0.05) is 33.6 Å². The lowest BCUT2D eigenvalue weighted by molar-refractivity contribution is 0.0917. The molecule has 0 saturated carbocycles. The topological polar surface area (TPSA) is 42.2 Å². The maximum atomic E-state index is 11.7. The molecule has 1 rings (SSSR count). The van der Waals surface area contributed by atoms with Crippen molar-refractivity contribution in [3.05, 3.63) is 23.7 Å². The van der Waals surface area contributed by atoms with Crippen LogP contribution in [0.25, 0.3) is 0 Å². The summed E-state index contributed by atoms with van der Waals surface area (Å²) in [5.74, 6) is 1.73. The Labute approximate surface area is 97.2 Å². The summed E-state index contributed by atoms with van der Waals surface area (Å²) in [4.78, 5) is 11.7. The molecule has 1 amide bonds. The molecule has 1 N–H and O–H groups in total. The summed E-state index contributed by atoms with van der Waals surface area (Å²) in [6.07, 6.45) is 3.00. The van der Waals surface area contributed by atoms with E-state index in [-0.39, 0.29) is 5.91 Å². The van der Waals surface area contributed by atoms with Crippen LogP contribution in [0.3, 0.4) is 0 Å². The van der Waals surface area contributed by atoms with Crippen molar-refractivity contribution in [2.75, 3.05) is 6.54 Å². The second-order valence-corrected chi connectivity index (χ2v) is 4.01. The number of amides is 1. The number of carbonyl (C=O) groups excluding carboxylic acids is 1. The first-order valence-electron chi connectivity index (χ1n) is 6.08. The average molecular weight is 223 g/mol. The van der Waals surface area contributed by atoms with Gasteiger partial charge < -0.3 is 9.73 Å². The van der Waals surface area contributed by atoms with Crippen molar-refractivity contribution >= 4 is 5.91 Å². The summed E-state index contributed by atoms with van der Waals surface area (Å²) in [5, 5.41) is 2.91. The summed E-state index contributed by atoms with van der Waals surface area (Å²) in [5.41, 5.74) is 0. The van der Waals surface area contributed by atoms with Crippen molar-refractivity contribution in [3.8, 4) is 0 Å². The third-order valence-corrected chi connectivity index (χ3v) is 2.94. The van der Waals surface area contributed by atoms with Crippen LogP contribution < -0.4 is 5.32 Å². The van der Waals surface area contributed by atoms with E-state index < -0.39 is 0 Å². The van der Waals surface area contributed by atoms with Crippen LogP contribution in [0, 0.1) is 5.92 Å². The van der Waals surface area contributed by atoms with Crippen molar-refractivity contribution in [1.82, 2.24) is 5.32 Å². The maximum absolute atomic E-state index is 11.7. The molecular weight excluding hydrogens is 202 g/mol. The van der Waals surface area contributed by atoms with Gasteiger partial charge in [-0.3, -0.25) is 4.79 Å². The Bertz CT molecular complexity index is 326. The van der Waals surface area contributed by atoms with E-state index in [4.69, 9.17) is 4.42 Å². The van der Waals surface area contributed by atoms with Crippen LogP contribution in [0.2, 0.25) is 0 Å². The fourth-order valence-corrected chi connectivity index (χ4v) is 1.59. The number of furan rings is 1. The summed E-state index contributed by atoms with van der Waals surface area (Å²) in [6, 6.07) is 3.59. The Balaban J connectivity index is 2.46. The van der Waals surface area contributed by atoms with Gasteiger partial charge in [0.1, 0.15) is 5.76 Å². The van der Waals surface area contributed by atoms with Gasteiger partial charge in [-0.25, -0.2) is 0 Å². The van der Waals surface area contributed by atoms with E-state index in [1.165, 1.54) is 0 Å². The first-order valence-corrected chi connectivity index (χ1v) is 6.08. The lowest BCUT2D eigenvalue weighted by atomic mass is 10.0. The first kappa shape index (κ1) is 12.8. The molecule has 0 aromatic carbocycles. The van der Waals surface area contributed by atoms with Crippen LogP contribution in [-0.2, 0) is 6.42 Å². The fourth-order valence-electron chi connectivity index (χ4n) is 1.59. The summed E-state index contributed by atoms with van der Waals surface area (Å²) >= 11 is 0. The number of rotatable bonds is 6. The van der Waals surface area contributed by atoms with E-state index in [0.717, 1.165) is 31.6 Å². The number of aryl methyl sites for hydroxylation is 1. The van der Waals surface area contributed by atoms with Crippen LogP contribution in [0.15, 0.2) is 16.5 Å². The lowest BCUT2D eigenvalue weighted by Crippen LogP contribution is -2.28. The minimum Gasteiger partial charge on any atom is -0.456 e. The summed E-state index contributed by atoms with van der Waals surface area (Å²) in [6.45, 7) is 7.02. The Hall–Kier alpha value is -1.25. The fraction of sp³-hybridized carbons (Fsp3) is 0.615. The predicted molar refractivity (Wildman–Crippen MR) is 64.5 cm³/mol. The molecule has 0 aliphatic carbocycles. The van der Waals surface area contributed by atoms with Crippen LogP contribution in [-0.4, -0.2) is 12.5 Å². The molecule has 0 saturated heterocycles. The molecule has 1 aromatic heterocycles. The van der Waals surface area contributed by atoms with Gasteiger partial charge in [0.05, 0.1) is 0 Å². The highest BCUT2D eigenvalue weighted by Crippen LogP contribution is 2.09. The maximum Gasteiger partial charge on any atom is 0.287 e. The van der Waals surface area contributed by atoms with Gasteiger partial charge in [-0.15, -0.1) is 0 Å². The molecule has 0 bridgehead atoms. The highest BCUT2D eigenvalue weighted by Gasteiger charge is 2.11. The van der Waals surface area contributed by atoms with Crippen molar-refractivity contribution in [2.45, 2.75) is 40.0 Å². The van der Waals surface area contributed by atoms with Crippen molar-refractivity contribution < 1.29 is 9.21 Å². The summed E-state index contributed by atoms with van der Waals surface area (Å²) < 4.78 is 5.38. The molecular formula is C13H21NO2. The van der Waals surface area contributed by atoms with Gasteiger partial charge in [-0.2, -0.15) is 0 Å². The highest BCUT2D eigenvalue weighted by atomic mass is 16.3. The zero-order chi connectivity index (χ0) is 12.0. The smallest absolute Gasteiger partial charge is 0.287 e. The van der Waals surface area contributed by atoms with Gasteiger partial charge >= 0.3 is 0 Å². The molecule has 0 spiro atoms. The molecule has 1 aromatic rings. The first-order chi connectivity index (χ1) is 7.71. The van der Waals surface area contributed by atoms with Crippen molar-refractivity contribution in [3.63, 3.8) is 0 Å². The Morgan fingerprint density at radius 3 is 2.50 bits per heavy atom. The van der Waals surface area contributed by atoms with Crippen LogP contribution >= 0.6 is 0 Å². The third-order valence-electron chi connectivity index (χ3n) is 2.94. The quantitative estimate of drug-likeness (QED) is 0.805. The normalized spacial score (nSPS) is 10.8. The SMILES string of the molecule is CCc1ccc(C(=O)NCC(CC)CC)o1. The second-order valence-electron chi connectivity index (χ2n) is 4.01. The number of carbonyl (C=O) groups is 1. The zero-order valence-electron chi connectivity index (χ0n) is 10.4. The van der Waals surface area contributed by atoms with E-state index >= 15 is 0 Å². The number of hydrogen-bond donors (Lipinski definition) is 1. The van der Waals surface area contributed by atoms with E-state index in [1.54, 1.807) is 6.07 Å². The molecule has 0 aliphatic heterocycles. The molecule has 1 heterocycles. The van der Waals surface area contributed by atoms with Crippen molar-refractivity contribution in [1.29, 1.82) is 0 Å². The molecule has 3 heteroatoms. The average Bonchev–Trinajstić information content (AvgIpc) is 2.78. The van der Waals surface area contributed by atoms with Crippen LogP contribution in [0.5, 0.6) is 0 Å². The molecule has 0 unspecified atom stereocenters. The molecule has 90 valence electrons. The minimum absolute atomic E-state index is 0.105. The van der Waals surface area contributed by atoms with Crippen LogP contribution in [0.4, 0.5) is 0 Å². The number of nitrogens with one attached hydrogen (secondary N) is 1. The van der Waals surface area contributed by atoms with E-state index in [0.29, 0.717) is 11.7 Å². The molecule has 0 aliphatic rings. The van der Waals surface area contributed by atoms with Gasteiger partial charge in [0.2, 0.25) is 0 Å². The standard InChI is InChI=1S/C13H21NO2/c1-4-10(5-2)9-14-13(15)12-8-7-11(6-3)16-12/h7-8,10H,4-6,9H2,1-3H3,(H,14,15). The van der Waals surface area contributed by atoms with E-state index in [2.05, 4.69) is 19.2 Å². The second kappa shape index (κ2) is 6.36. The molecule has 0 radical (unpaired) electrons. The van der Waals surface area contributed by atoms with Gasteiger partial charge in [0.15, 0.2) is 5.76 Å². The molecule has 16 heavy (non-hydrogen) atoms.